The molecule has 0 spiro atoms. The Morgan fingerprint density at radius 1 is 1.21 bits per heavy atom. The van der Waals surface area contributed by atoms with Gasteiger partial charge in [0.15, 0.2) is 5.16 Å². The standard InChI is InChI=1S/C23H32ClN7O2S/c1-3-4-9-27-23(33)31-13-12-30(15-17(31)2)20-14-19(24)28-22(29-20)34-16-21(32)26-11-8-18-7-5-6-10-25-18/h5-7,10,14,17H,3-4,8-9,11-13,15-16H2,1-2H3,(H,26,32)(H,27,33). The molecule has 9 nitrogen and oxygen atoms in total. The van der Waals surface area contributed by atoms with Gasteiger partial charge in [0.05, 0.1) is 5.75 Å². The fourth-order valence-corrected chi connectivity index (χ4v) is 4.52. The minimum Gasteiger partial charge on any atom is -0.355 e. The largest absolute Gasteiger partial charge is 0.355 e. The quantitative estimate of drug-likeness (QED) is 0.221. The molecule has 2 N–H and O–H groups in total. The normalized spacial score (nSPS) is 15.8. The lowest BCUT2D eigenvalue weighted by atomic mass is 10.2. The molecule has 3 heterocycles. The summed E-state index contributed by atoms with van der Waals surface area (Å²) < 4.78 is 0. The van der Waals surface area contributed by atoms with Crippen LogP contribution in [0.1, 0.15) is 32.4 Å². The van der Waals surface area contributed by atoms with Gasteiger partial charge in [-0.3, -0.25) is 9.78 Å². The van der Waals surface area contributed by atoms with Crippen LogP contribution >= 0.6 is 23.4 Å². The first kappa shape index (κ1) is 26.0. The third-order valence-corrected chi connectivity index (χ3v) is 6.48. The number of piperazine rings is 1. The zero-order chi connectivity index (χ0) is 24.3. The van der Waals surface area contributed by atoms with Crippen molar-refractivity contribution in [2.75, 3.05) is 43.4 Å². The van der Waals surface area contributed by atoms with Gasteiger partial charge in [0.25, 0.3) is 0 Å². The molecule has 2 aromatic rings. The average Bonchev–Trinajstić information content (AvgIpc) is 2.83. The van der Waals surface area contributed by atoms with Gasteiger partial charge in [0.1, 0.15) is 11.0 Å². The lowest BCUT2D eigenvalue weighted by Gasteiger charge is -2.40. The summed E-state index contributed by atoms with van der Waals surface area (Å²) in [6.45, 7) is 7.24. The van der Waals surface area contributed by atoms with E-state index in [2.05, 4.69) is 37.4 Å². The number of carbonyl (C=O) groups is 2. The Morgan fingerprint density at radius 2 is 2.06 bits per heavy atom. The molecular weight excluding hydrogens is 474 g/mol. The molecule has 34 heavy (non-hydrogen) atoms. The van der Waals surface area contributed by atoms with E-state index in [1.54, 1.807) is 12.3 Å². The fraction of sp³-hybridized carbons (Fsp3) is 0.522. The number of rotatable bonds is 10. The predicted octanol–water partition coefficient (Wildman–Crippen LogP) is 3.00. The lowest BCUT2D eigenvalue weighted by Crippen LogP contribution is -2.56. The summed E-state index contributed by atoms with van der Waals surface area (Å²) in [7, 11) is 0. The number of unbranched alkanes of at least 4 members (excludes halogenated alkanes) is 1. The van der Waals surface area contributed by atoms with Crippen molar-refractivity contribution in [3.63, 3.8) is 0 Å². The van der Waals surface area contributed by atoms with Crippen molar-refractivity contribution in [1.29, 1.82) is 0 Å². The first-order chi connectivity index (χ1) is 16.5. The van der Waals surface area contributed by atoms with E-state index in [4.69, 9.17) is 11.6 Å². The zero-order valence-corrected chi connectivity index (χ0v) is 21.2. The van der Waals surface area contributed by atoms with Gasteiger partial charge in [-0.25, -0.2) is 14.8 Å². The first-order valence-electron chi connectivity index (χ1n) is 11.6. The van der Waals surface area contributed by atoms with Crippen LogP contribution in [-0.4, -0.2) is 76.3 Å². The third-order valence-electron chi connectivity index (χ3n) is 5.44. The van der Waals surface area contributed by atoms with Crippen LogP contribution < -0.4 is 15.5 Å². The van der Waals surface area contributed by atoms with Crippen molar-refractivity contribution in [2.24, 2.45) is 0 Å². The van der Waals surface area contributed by atoms with Gasteiger partial charge in [-0.1, -0.05) is 42.8 Å². The highest BCUT2D eigenvalue weighted by Crippen LogP contribution is 2.24. The molecule has 1 unspecified atom stereocenters. The Bertz CT molecular complexity index is 950. The van der Waals surface area contributed by atoms with Crippen LogP contribution in [0.25, 0.3) is 0 Å². The number of nitrogens with one attached hydrogen (secondary N) is 2. The van der Waals surface area contributed by atoms with Gasteiger partial charge < -0.3 is 20.4 Å². The molecule has 0 aliphatic carbocycles. The maximum atomic E-state index is 12.4. The molecule has 1 fully saturated rings. The van der Waals surface area contributed by atoms with Crippen LogP contribution in [0.5, 0.6) is 0 Å². The lowest BCUT2D eigenvalue weighted by molar-refractivity contribution is -0.118. The maximum Gasteiger partial charge on any atom is 0.317 e. The number of amides is 3. The van der Waals surface area contributed by atoms with Crippen molar-refractivity contribution in [1.82, 2.24) is 30.5 Å². The van der Waals surface area contributed by atoms with E-state index in [9.17, 15) is 9.59 Å². The number of pyridine rings is 1. The second-order valence-electron chi connectivity index (χ2n) is 8.12. The van der Waals surface area contributed by atoms with Crippen molar-refractivity contribution in [3.8, 4) is 0 Å². The second-order valence-corrected chi connectivity index (χ2v) is 9.44. The summed E-state index contributed by atoms with van der Waals surface area (Å²) >= 11 is 7.50. The molecular formula is C23H32ClN7O2S. The summed E-state index contributed by atoms with van der Waals surface area (Å²) in [4.78, 5) is 41.7. The Kier molecular flexibility index (Phi) is 10.2. The first-order valence-corrected chi connectivity index (χ1v) is 13.0. The molecule has 0 saturated carbocycles. The molecule has 1 saturated heterocycles. The number of hydrogen-bond donors (Lipinski definition) is 2. The topological polar surface area (TPSA) is 103 Å². The molecule has 184 valence electrons. The Balaban J connectivity index is 1.48. The molecule has 2 aromatic heterocycles. The van der Waals surface area contributed by atoms with Crippen molar-refractivity contribution < 1.29 is 9.59 Å². The van der Waals surface area contributed by atoms with E-state index in [-0.39, 0.29) is 23.7 Å². The highest BCUT2D eigenvalue weighted by molar-refractivity contribution is 7.99. The Hall–Kier alpha value is -2.59. The highest BCUT2D eigenvalue weighted by atomic mass is 35.5. The van der Waals surface area contributed by atoms with Gasteiger partial charge in [0, 0.05) is 63.1 Å². The van der Waals surface area contributed by atoms with E-state index in [0.717, 1.165) is 18.5 Å². The van der Waals surface area contributed by atoms with Crippen LogP contribution in [0.2, 0.25) is 5.15 Å². The number of hydrogen-bond acceptors (Lipinski definition) is 7. The molecule has 3 rings (SSSR count). The summed E-state index contributed by atoms with van der Waals surface area (Å²) in [5.74, 6) is 0.808. The summed E-state index contributed by atoms with van der Waals surface area (Å²) in [5.41, 5.74) is 0.936. The SMILES string of the molecule is CCCCNC(=O)N1CCN(c2cc(Cl)nc(SCC(=O)NCCc3ccccn3)n2)CC1C. The van der Waals surface area contributed by atoms with E-state index in [1.165, 1.54) is 11.8 Å². The van der Waals surface area contributed by atoms with Crippen molar-refractivity contribution in [3.05, 3.63) is 41.3 Å². The van der Waals surface area contributed by atoms with Crippen LogP contribution in [0.3, 0.4) is 0 Å². The number of carbonyl (C=O) groups excluding carboxylic acids is 2. The van der Waals surface area contributed by atoms with Crippen molar-refractivity contribution >= 4 is 41.1 Å². The minimum atomic E-state index is -0.0950. The summed E-state index contributed by atoms with van der Waals surface area (Å²) in [6.07, 6.45) is 4.44. The Morgan fingerprint density at radius 3 is 2.79 bits per heavy atom. The number of urea groups is 1. The van der Waals surface area contributed by atoms with E-state index in [1.807, 2.05) is 30.0 Å². The maximum absolute atomic E-state index is 12.4. The zero-order valence-electron chi connectivity index (χ0n) is 19.7. The summed E-state index contributed by atoms with van der Waals surface area (Å²) in [5, 5.41) is 6.66. The second kappa shape index (κ2) is 13.3. The number of nitrogens with zero attached hydrogens (tertiary/aromatic N) is 5. The van der Waals surface area contributed by atoms with E-state index in [0.29, 0.717) is 55.3 Å². The molecule has 1 aliphatic rings. The van der Waals surface area contributed by atoms with Crippen molar-refractivity contribution in [2.45, 2.75) is 44.3 Å². The molecule has 0 bridgehead atoms. The summed E-state index contributed by atoms with van der Waals surface area (Å²) in [6, 6.07) is 7.46. The van der Waals surface area contributed by atoms with Gasteiger partial charge in [-0.05, 0) is 25.5 Å². The van der Waals surface area contributed by atoms with Gasteiger partial charge in [-0.2, -0.15) is 0 Å². The molecule has 0 aromatic carbocycles. The highest BCUT2D eigenvalue weighted by Gasteiger charge is 2.28. The van der Waals surface area contributed by atoms with Crippen LogP contribution in [0, 0.1) is 0 Å². The molecule has 1 aliphatic heterocycles. The number of halogens is 1. The Labute approximate surface area is 210 Å². The molecule has 11 heteroatoms. The predicted molar refractivity (Wildman–Crippen MR) is 135 cm³/mol. The van der Waals surface area contributed by atoms with Gasteiger partial charge in [0.2, 0.25) is 5.91 Å². The smallest absolute Gasteiger partial charge is 0.317 e. The van der Waals surface area contributed by atoms with Gasteiger partial charge >= 0.3 is 6.03 Å². The number of aromatic nitrogens is 3. The molecule has 0 radical (unpaired) electrons. The fourth-order valence-electron chi connectivity index (χ4n) is 3.61. The number of anilines is 1. The molecule has 3 amide bonds. The van der Waals surface area contributed by atoms with E-state index < -0.39 is 0 Å². The van der Waals surface area contributed by atoms with Gasteiger partial charge in [-0.15, -0.1) is 0 Å². The average molecular weight is 506 g/mol. The third kappa shape index (κ3) is 8.02. The van der Waals surface area contributed by atoms with Crippen LogP contribution in [0.4, 0.5) is 10.6 Å². The monoisotopic (exact) mass is 505 g/mol. The minimum absolute atomic E-state index is 0.0216. The molecule has 1 atom stereocenters. The van der Waals surface area contributed by atoms with E-state index >= 15 is 0 Å². The van der Waals surface area contributed by atoms with Crippen LogP contribution in [0.15, 0.2) is 35.6 Å². The number of thioether (sulfide) groups is 1. The van der Waals surface area contributed by atoms with Crippen LogP contribution in [-0.2, 0) is 11.2 Å².